The highest BCUT2D eigenvalue weighted by Crippen LogP contribution is 2.28. The number of para-hydroxylation sites is 1. The van der Waals surface area contributed by atoms with Gasteiger partial charge < -0.3 is 4.74 Å². The van der Waals surface area contributed by atoms with Crippen LogP contribution in [0.3, 0.4) is 0 Å². The molecule has 0 saturated heterocycles. The van der Waals surface area contributed by atoms with Gasteiger partial charge in [0, 0.05) is 0 Å². The van der Waals surface area contributed by atoms with E-state index in [2.05, 4.69) is 0 Å². The first kappa shape index (κ1) is 13.5. The van der Waals surface area contributed by atoms with E-state index in [1.165, 1.54) is 18.2 Å². The van der Waals surface area contributed by atoms with Crippen molar-refractivity contribution in [3.8, 4) is 5.75 Å². The van der Waals surface area contributed by atoms with Gasteiger partial charge in [-0.15, -0.1) is 0 Å². The molecule has 1 unspecified atom stereocenters. The summed E-state index contributed by atoms with van der Waals surface area (Å²) in [5.74, 6) is -2.16. The molecular formula is C11H10F4O2. The molecular weight excluding hydrogens is 240 g/mol. The quantitative estimate of drug-likeness (QED) is 0.593. The van der Waals surface area contributed by atoms with E-state index in [1.807, 2.05) is 0 Å². The molecule has 0 fully saturated rings. The molecule has 0 bridgehead atoms. The van der Waals surface area contributed by atoms with Crippen LogP contribution in [-0.2, 0) is 0 Å². The second-order valence-corrected chi connectivity index (χ2v) is 3.36. The summed E-state index contributed by atoms with van der Waals surface area (Å²) in [4.78, 5) is 10.6. The maximum Gasteiger partial charge on any atom is 0.397 e. The lowest BCUT2D eigenvalue weighted by Crippen LogP contribution is -2.30. The van der Waals surface area contributed by atoms with Crippen molar-refractivity contribution >= 4 is 6.29 Å². The van der Waals surface area contributed by atoms with Gasteiger partial charge in [-0.1, -0.05) is 12.1 Å². The molecule has 0 heterocycles. The SMILES string of the molecule is O=Cc1ccccc1OCC(CF)C(F)(F)F. The Bertz CT molecular complexity index is 376. The molecule has 1 aromatic rings. The number of ether oxygens (including phenoxy) is 1. The van der Waals surface area contributed by atoms with Gasteiger partial charge in [-0.3, -0.25) is 9.18 Å². The Morgan fingerprint density at radius 2 is 1.94 bits per heavy atom. The van der Waals surface area contributed by atoms with Gasteiger partial charge in [0.2, 0.25) is 0 Å². The second-order valence-electron chi connectivity index (χ2n) is 3.36. The summed E-state index contributed by atoms with van der Waals surface area (Å²) in [6.07, 6.45) is -4.18. The van der Waals surface area contributed by atoms with Crippen LogP contribution < -0.4 is 4.74 Å². The molecule has 2 nitrogen and oxygen atoms in total. The zero-order valence-electron chi connectivity index (χ0n) is 8.71. The second kappa shape index (κ2) is 5.65. The van der Waals surface area contributed by atoms with E-state index < -0.39 is 25.4 Å². The molecule has 0 aliphatic heterocycles. The van der Waals surface area contributed by atoms with Gasteiger partial charge in [-0.2, -0.15) is 13.2 Å². The maximum atomic E-state index is 12.2. The number of aldehydes is 1. The number of rotatable bonds is 5. The summed E-state index contributed by atoms with van der Waals surface area (Å²) in [5.41, 5.74) is 0.132. The lowest BCUT2D eigenvalue weighted by Gasteiger charge is -2.18. The van der Waals surface area contributed by atoms with E-state index >= 15 is 0 Å². The van der Waals surface area contributed by atoms with E-state index in [-0.39, 0.29) is 11.3 Å². The zero-order valence-corrected chi connectivity index (χ0v) is 8.71. The van der Waals surface area contributed by atoms with Crippen molar-refractivity contribution in [1.82, 2.24) is 0 Å². The maximum absolute atomic E-state index is 12.2. The van der Waals surface area contributed by atoms with Crippen LogP contribution in [0.4, 0.5) is 17.6 Å². The fraction of sp³-hybridized carbons (Fsp3) is 0.364. The van der Waals surface area contributed by atoms with Crippen LogP contribution in [0.25, 0.3) is 0 Å². The number of alkyl halides is 4. The number of halogens is 4. The summed E-state index contributed by atoms with van der Waals surface area (Å²) in [5, 5.41) is 0. The third-order valence-electron chi connectivity index (χ3n) is 2.14. The summed E-state index contributed by atoms with van der Waals surface area (Å²) in [6, 6.07) is 5.82. The van der Waals surface area contributed by atoms with Crippen molar-refractivity contribution in [2.75, 3.05) is 13.3 Å². The summed E-state index contributed by atoms with van der Waals surface area (Å²) in [6.45, 7) is -2.39. The largest absolute Gasteiger partial charge is 0.492 e. The molecule has 6 heteroatoms. The molecule has 0 aliphatic carbocycles. The van der Waals surface area contributed by atoms with Crippen LogP contribution in [0.1, 0.15) is 10.4 Å². The van der Waals surface area contributed by atoms with Gasteiger partial charge in [0.05, 0.1) is 5.56 Å². The fourth-order valence-electron chi connectivity index (χ4n) is 1.13. The van der Waals surface area contributed by atoms with Crippen molar-refractivity contribution in [2.24, 2.45) is 5.92 Å². The first-order chi connectivity index (χ1) is 7.99. The average molecular weight is 250 g/mol. The molecule has 0 amide bonds. The Labute approximate surface area is 95.2 Å². The van der Waals surface area contributed by atoms with Crippen molar-refractivity contribution in [3.63, 3.8) is 0 Å². The summed E-state index contributed by atoms with van der Waals surface area (Å²) >= 11 is 0. The van der Waals surface area contributed by atoms with Crippen LogP contribution in [0.2, 0.25) is 0 Å². The van der Waals surface area contributed by atoms with Gasteiger partial charge >= 0.3 is 6.18 Å². The highest BCUT2D eigenvalue weighted by Gasteiger charge is 2.40. The molecule has 17 heavy (non-hydrogen) atoms. The lowest BCUT2D eigenvalue weighted by molar-refractivity contribution is -0.185. The van der Waals surface area contributed by atoms with Gasteiger partial charge in [0.15, 0.2) is 6.29 Å². The molecule has 0 saturated carbocycles. The first-order valence-electron chi connectivity index (χ1n) is 4.78. The average Bonchev–Trinajstić information content (AvgIpc) is 2.28. The van der Waals surface area contributed by atoms with E-state index in [9.17, 15) is 22.4 Å². The Balaban J connectivity index is 2.69. The third kappa shape index (κ3) is 3.72. The summed E-state index contributed by atoms with van der Waals surface area (Å²) in [7, 11) is 0. The number of carbonyl (C=O) groups is 1. The molecule has 0 aromatic heterocycles. The molecule has 94 valence electrons. The van der Waals surface area contributed by atoms with Gasteiger partial charge in [-0.05, 0) is 12.1 Å². The van der Waals surface area contributed by atoms with Crippen LogP contribution in [0.5, 0.6) is 5.75 Å². The minimum absolute atomic E-state index is 0.0187. The number of hydrogen-bond donors (Lipinski definition) is 0. The topological polar surface area (TPSA) is 26.3 Å². The highest BCUT2D eigenvalue weighted by molar-refractivity contribution is 5.79. The molecule has 0 aliphatic rings. The standard InChI is InChI=1S/C11H10F4O2/c12-5-9(11(13,14)15)7-17-10-4-2-1-3-8(10)6-16/h1-4,6,9H,5,7H2. The van der Waals surface area contributed by atoms with Crippen molar-refractivity contribution in [2.45, 2.75) is 6.18 Å². The van der Waals surface area contributed by atoms with Crippen molar-refractivity contribution in [1.29, 1.82) is 0 Å². The van der Waals surface area contributed by atoms with E-state index in [1.54, 1.807) is 6.07 Å². The predicted octanol–water partition coefficient (Wildman–Crippen LogP) is 3.03. The van der Waals surface area contributed by atoms with Crippen LogP contribution in [0, 0.1) is 5.92 Å². The van der Waals surface area contributed by atoms with Gasteiger partial charge in [-0.25, -0.2) is 0 Å². The fourth-order valence-corrected chi connectivity index (χ4v) is 1.13. The minimum Gasteiger partial charge on any atom is -0.492 e. The molecule has 1 rings (SSSR count). The monoisotopic (exact) mass is 250 g/mol. The molecule has 0 spiro atoms. The van der Waals surface area contributed by atoms with Crippen LogP contribution >= 0.6 is 0 Å². The van der Waals surface area contributed by atoms with Crippen molar-refractivity contribution in [3.05, 3.63) is 29.8 Å². The Morgan fingerprint density at radius 1 is 1.29 bits per heavy atom. The van der Waals surface area contributed by atoms with E-state index in [0.29, 0.717) is 6.29 Å². The zero-order chi connectivity index (χ0) is 12.9. The molecule has 0 N–H and O–H groups in total. The van der Waals surface area contributed by atoms with Crippen molar-refractivity contribution < 1.29 is 27.1 Å². The smallest absolute Gasteiger partial charge is 0.397 e. The normalized spacial score (nSPS) is 13.2. The van der Waals surface area contributed by atoms with Gasteiger partial charge in [0.1, 0.15) is 24.9 Å². The number of benzene rings is 1. The number of hydrogen-bond acceptors (Lipinski definition) is 2. The molecule has 1 aromatic carbocycles. The highest BCUT2D eigenvalue weighted by atomic mass is 19.4. The number of carbonyl (C=O) groups excluding carboxylic acids is 1. The Hall–Kier alpha value is -1.59. The van der Waals surface area contributed by atoms with Crippen LogP contribution in [0.15, 0.2) is 24.3 Å². The minimum atomic E-state index is -4.65. The molecule has 1 atom stereocenters. The summed E-state index contributed by atoms with van der Waals surface area (Å²) < 4.78 is 53.6. The Kier molecular flexibility index (Phi) is 4.48. The first-order valence-corrected chi connectivity index (χ1v) is 4.78. The third-order valence-corrected chi connectivity index (χ3v) is 2.14. The predicted molar refractivity (Wildman–Crippen MR) is 52.8 cm³/mol. The van der Waals surface area contributed by atoms with Gasteiger partial charge in [0.25, 0.3) is 0 Å². The van der Waals surface area contributed by atoms with E-state index in [4.69, 9.17) is 4.74 Å². The van der Waals surface area contributed by atoms with Crippen LogP contribution in [-0.4, -0.2) is 25.7 Å². The molecule has 0 radical (unpaired) electrons. The van der Waals surface area contributed by atoms with E-state index in [0.717, 1.165) is 0 Å². The lowest BCUT2D eigenvalue weighted by atomic mass is 10.2. The Morgan fingerprint density at radius 3 is 2.47 bits per heavy atom.